The van der Waals surface area contributed by atoms with Crippen LogP contribution in [0.15, 0.2) is 88.6 Å². The zero-order chi connectivity index (χ0) is 23.0. The van der Waals surface area contributed by atoms with Crippen LogP contribution in [0.1, 0.15) is 31.4 Å². The van der Waals surface area contributed by atoms with Crippen LogP contribution in [-0.2, 0) is 16.8 Å². The Kier molecular flexibility index (Phi) is 8.89. The molecule has 0 saturated heterocycles. The third-order valence-corrected chi connectivity index (χ3v) is 6.04. The lowest BCUT2D eigenvalue weighted by Crippen LogP contribution is -2.28. The second-order valence-corrected chi connectivity index (χ2v) is 8.89. The summed E-state index contributed by atoms with van der Waals surface area (Å²) in [5.74, 6) is 2.17. The van der Waals surface area contributed by atoms with E-state index in [-0.39, 0.29) is 15.1 Å². The maximum Gasteiger partial charge on any atom is 0.224 e. The van der Waals surface area contributed by atoms with Crippen LogP contribution in [0.5, 0.6) is 17.2 Å². The molecule has 1 unspecified atom stereocenters. The van der Waals surface area contributed by atoms with Gasteiger partial charge in [-0.05, 0) is 53.9 Å². The number of hydrogen-bond donors (Lipinski definition) is 0. The van der Waals surface area contributed by atoms with Crippen LogP contribution in [-0.4, -0.2) is 6.61 Å². The molecule has 0 aromatic heterocycles. The van der Waals surface area contributed by atoms with Gasteiger partial charge < -0.3 is 14.2 Å². The Labute approximate surface area is 204 Å². The predicted octanol–water partition coefficient (Wildman–Crippen LogP) is 8.59. The van der Waals surface area contributed by atoms with Gasteiger partial charge in [0.1, 0.15) is 17.2 Å². The molecule has 32 heavy (non-hydrogen) atoms. The van der Waals surface area contributed by atoms with E-state index in [2.05, 4.69) is 13.8 Å². The molecule has 0 saturated carbocycles. The van der Waals surface area contributed by atoms with E-state index >= 15 is 0 Å². The van der Waals surface area contributed by atoms with Gasteiger partial charge in [0.2, 0.25) is 5.22 Å². The van der Waals surface area contributed by atoms with Crippen molar-refractivity contribution in [3.05, 3.63) is 99.7 Å². The van der Waals surface area contributed by atoms with Crippen LogP contribution in [0, 0.1) is 0 Å². The highest BCUT2D eigenvalue weighted by molar-refractivity contribution is 6.59. The normalized spacial score (nSPS) is 12.7. The molecule has 3 nitrogen and oxygen atoms in total. The first-order valence-electron chi connectivity index (χ1n) is 10.3. The molecule has 3 aromatic carbocycles. The SMILES string of the molecule is CCC(C)(COCc1cccc(Oc2ccccc2)c1)c1ccccc1OC(Cl)=C(Cl)Cl. The van der Waals surface area contributed by atoms with Crippen LogP contribution in [0.2, 0.25) is 0 Å². The average Bonchev–Trinajstić information content (AvgIpc) is 2.80. The van der Waals surface area contributed by atoms with E-state index in [1.165, 1.54) is 0 Å². The summed E-state index contributed by atoms with van der Waals surface area (Å²) in [4.78, 5) is 0. The van der Waals surface area contributed by atoms with E-state index in [0.717, 1.165) is 29.0 Å². The molecular weight excluding hydrogens is 467 g/mol. The second-order valence-electron chi connectivity index (χ2n) is 7.60. The monoisotopic (exact) mass is 490 g/mol. The van der Waals surface area contributed by atoms with Gasteiger partial charge in [-0.15, -0.1) is 0 Å². The first kappa shape index (κ1) is 24.5. The Balaban J connectivity index is 1.68. The van der Waals surface area contributed by atoms with E-state index in [0.29, 0.717) is 19.0 Å². The summed E-state index contributed by atoms with van der Waals surface area (Å²) in [7, 11) is 0. The number of halogens is 3. The molecule has 0 bridgehead atoms. The molecule has 0 heterocycles. The Hall–Kier alpha value is -2.17. The lowest BCUT2D eigenvalue weighted by Gasteiger charge is -2.30. The van der Waals surface area contributed by atoms with E-state index in [4.69, 9.17) is 49.0 Å². The van der Waals surface area contributed by atoms with Gasteiger partial charge in [0.25, 0.3) is 0 Å². The minimum atomic E-state index is -0.301. The van der Waals surface area contributed by atoms with Crippen molar-refractivity contribution < 1.29 is 14.2 Å². The van der Waals surface area contributed by atoms with Crippen molar-refractivity contribution in [3.63, 3.8) is 0 Å². The van der Waals surface area contributed by atoms with Gasteiger partial charge in [-0.3, -0.25) is 0 Å². The molecular formula is C26H25Cl3O3. The van der Waals surface area contributed by atoms with Gasteiger partial charge in [0.05, 0.1) is 13.2 Å². The van der Waals surface area contributed by atoms with Crippen molar-refractivity contribution in [1.82, 2.24) is 0 Å². The minimum Gasteiger partial charge on any atom is -0.457 e. The van der Waals surface area contributed by atoms with E-state index in [1.54, 1.807) is 0 Å². The quantitative estimate of drug-likeness (QED) is 0.266. The fraction of sp³-hybridized carbons (Fsp3) is 0.231. The maximum atomic E-state index is 6.13. The molecule has 0 fully saturated rings. The van der Waals surface area contributed by atoms with Crippen molar-refractivity contribution in [1.29, 1.82) is 0 Å². The Morgan fingerprint density at radius 1 is 0.844 bits per heavy atom. The van der Waals surface area contributed by atoms with Crippen LogP contribution in [0.25, 0.3) is 0 Å². The highest BCUT2D eigenvalue weighted by atomic mass is 35.5. The lowest BCUT2D eigenvalue weighted by atomic mass is 9.80. The second kappa shape index (κ2) is 11.6. The molecule has 0 aliphatic heterocycles. The smallest absolute Gasteiger partial charge is 0.224 e. The molecule has 3 aromatic rings. The van der Waals surface area contributed by atoms with E-state index in [9.17, 15) is 0 Å². The van der Waals surface area contributed by atoms with Gasteiger partial charge in [-0.1, -0.05) is 85.6 Å². The highest BCUT2D eigenvalue weighted by Crippen LogP contribution is 2.37. The van der Waals surface area contributed by atoms with Gasteiger partial charge in [-0.25, -0.2) is 0 Å². The van der Waals surface area contributed by atoms with Crippen LogP contribution >= 0.6 is 34.8 Å². The van der Waals surface area contributed by atoms with Crippen molar-refractivity contribution >= 4 is 34.8 Å². The van der Waals surface area contributed by atoms with Crippen molar-refractivity contribution in [2.75, 3.05) is 6.61 Å². The minimum absolute atomic E-state index is 0.0598. The summed E-state index contributed by atoms with van der Waals surface area (Å²) in [5, 5.41) is -0.0598. The summed E-state index contributed by atoms with van der Waals surface area (Å²) in [5.41, 5.74) is 1.70. The topological polar surface area (TPSA) is 27.7 Å². The van der Waals surface area contributed by atoms with E-state index in [1.807, 2.05) is 78.9 Å². The lowest BCUT2D eigenvalue weighted by molar-refractivity contribution is 0.0739. The van der Waals surface area contributed by atoms with Gasteiger partial charge in [0, 0.05) is 11.0 Å². The first-order valence-corrected chi connectivity index (χ1v) is 11.4. The van der Waals surface area contributed by atoms with Crippen molar-refractivity contribution in [2.24, 2.45) is 0 Å². The molecule has 0 aliphatic rings. The van der Waals surface area contributed by atoms with Crippen LogP contribution in [0.3, 0.4) is 0 Å². The molecule has 0 spiro atoms. The molecule has 0 aliphatic carbocycles. The molecule has 3 rings (SSSR count). The summed E-state index contributed by atoms with van der Waals surface area (Å²) >= 11 is 17.5. The van der Waals surface area contributed by atoms with Crippen molar-refractivity contribution in [3.8, 4) is 17.2 Å². The predicted molar refractivity (Wildman–Crippen MR) is 132 cm³/mol. The number of rotatable bonds is 10. The number of benzene rings is 3. The first-order chi connectivity index (χ1) is 15.4. The Bertz CT molecular complexity index is 1050. The molecule has 168 valence electrons. The Morgan fingerprint density at radius 3 is 2.25 bits per heavy atom. The summed E-state index contributed by atoms with van der Waals surface area (Å²) in [6, 6.07) is 25.3. The molecule has 0 amide bonds. The largest absolute Gasteiger partial charge is 0.457 e. The third kappa shape index (κ3) is 6.66. The number of hydrogen-bond acceptors (Lipinski definition) is 3. The molecule has 0 N–H and O–H groups in total. The summed E-state index contributed by atoms with van der Waals surface area (Å²) in [6.45, 7) is 5.19. The molecule has 0 radical (unpaired) electrons. The fourth-order valence-electron chi connectivity index (χ4n) is 3.28. The number of para-hydroxylation sites is 2. The zero-order valence-electron chi connectivity index (χ0n) is 18.0. The fourth-order valence-corrected chi connectivity index (χ4v) is 3.44. The Morgan fingerprint density at radius 2 is 1.53 bits per heavy atom. The van der Waals surface area contributed by atoms with Crippen molar-refractivity contribution in [2.45, 2.75) is 32.3 Å². The van der Waals surface area contributed by atoms with Crippen LogP contribution < -0.4 is 9.47 Å². The van der Waals surface area contributed by atoms with Gasteiger partial charge >= 0.3 is 0 Å². The summed E-state index contributed by atoms with van der Waals surface area (Å²) in [6.07, 6.45) is 0.834. The van der Waals surface area contributed by atoms with Gasteiger partial charge in [-0.2, -0.15) is 0 Å². The number of ether oxygens (including phenoxy) is 3. The van der Waals surface area contributed by atoms with E-state index < -0.39 is 0 Å². The maximum absolute atomic E-state index is 6.13. The molecule has 6 heteroatoms. The third-order valence-electron chi connectivity index (χ3n) is 5.23. The zero-order valence-corrected chi connectivity index (χ0v) is 20.3. The average molecular weight is 492 g/mol. The standard InChI is InChI=1S/C26H25Cl3O3/c1-3-26(2,22-14-7-8-15-23(22)32-25(29)24(27)28)18-30-17-19-10-9-13-21(16-19)31-20-11-5-4-6-12-20/h4-16H,3,17-18H2,1-2H3. The van der Waals surface area contributed by atoms with Crippen LogP contribution in [0.4, 0.5) is 0 Å². The summed E-state index contributed by atoms with van der Waals surface area (Å²) < 4.78 is 17.6. The van der Waals surface area contributed by atoms with Gasteiger partial charge in [0.15, 0.2) is 4.49 Å². The highest BCUT2D eigenvalue weighted by Gasteiger charge is 2.29. The molecule has 1 atom stereocenters.